The smallest absolute Gasteiger partial charge is 0.246 e. The number of hydrogen-bond donors (Lipinski definition) is 0. The number of aromatic nitrogens is 5. The normalized spacial score (nSPS) is 10.9. The fourth-order valence-corrected chi connectivity index (χ4v) is 4.15. The van der Waals surface area contributed by atoms with E-state index in [1.54, 1.807) is 12.4 Å². The van der Waals surface area contributed by atoms with Crippen LogP contribution in [0.4, 0.5) is 0 Å². The van der Waals surface area contributed by atoms with Crippen LogP contribution >= 0.6 is 0 Å². The second-order valence-electron chi connectivity index (χ2n) is 8.51. The molecular formula is C31H23N5O2. The largest absolute Gasteiger partial charge is 0.438 e. The molecule has 0 saturated heterocycles. The summed E-state index contributed by atoms with van der Waals surface area (Å²) in [6.45, 7) is 2.02. The van der Waals surface area contributed by atoms with Crippen LogP contribution in [0.1, 0.15) is 12.7 Å². The van der Waals surface area contributed by atoms with Gasteiger partial charge in [0.25, 0.3) is 0 Å². The van der Waals surface area contributed by atoms with E-state index in [0.717, 1.165) is 45.5 Å². The van der Waals surface area contributed by atoms with Crippen molar-refractivity contribution in [2.45, 2.75) is 13.3 Å². The molecule has 6 rings (SSSR count). The van der Waals surface area contributed by atoms with E-state index >= 15 is 0 Å². The van der Waals surface area contributed by atoms with E-state index < -0.39 is 0 Å². The molecule has 38 heavy (non-hydrogen) atoms. The first-order chi connectivity index (χ1) is 18.8. The minimum absolute atomic E-state index is 0.441. The molecule has 7 nitrogen and oxygen atoms in total. The Morgan fingerprint density at radius 2 is 1.32 bits per heavy atom. The summed E-state index contributed by atoms with van der Waals surface area (Å²) in [5.74, 6) is 2.92. The van der Waals surface area contributed by atoms with Crippen LogP contribution in [0, 0.1) is 0 Å². The first kappa shape index (κ1) is 23.2. The minimum atomic E-state index is 0.441. The van der Waals surface area contributed by atoms with Gasteiger partial charge >= 0.3 is 0 Å². The van der Waals surface area contributed by atoms with Crippen molar-refractivity contribution in [3.8, 4) is 45.8 Å². The van der Waals surface area contributed by atoms with Crippen LogP contribution in [0.25, 0.3) is 33.3 Å². The van der Waals surface area contributed by atoms with Crippen molar-refractivity contribution in [1.29, 1.82) is 0 Å². The molecule has 0 amide bonds. The molecule has 0 unspecified atom stereocenters. The fraction of sp³-hybridized carbons (Fsp3) is 0.0645. The highest BCUT2D eigenvalue weighted by Crippen LogP contribution is 2.34. The average Bonchev–Trinajstić information content (AvgIpc) is 2.99. The number of hydrogen-bond acceptors (Lipinski definition) is 7. The summed E-state index contributed by atoms with van der Waals surface area (Å²) in [6.07, 6.45) is 4.20. The zero-order chi connectivity index (χ0) is 25.7. The molecule has 6 aromatic rings. The van der Waals surface area contributed by atoms with Crippen LogP contribution in [0.3, 0.4) is 0 Å². The molecule has 0 aliphatic rings. The van der Waals surface area contributed by atoms with Crippen LogP contribution in [-0.4, -0.2) is 25.1 Å². The van der Waals surface area contributed by atoms with Crippen molar-refractivity contribution in [2.24, 2.45) is 0 Å². The lowest BCUT2D eigenvalue weighted by atomic mass is 10.1. The van der Waals surface area contributed by atoms with Crippen molar-refractivity contribution in [2.75, 3.05) is 0 Å². The zero-order valence-electron chi connectivity index (χ0n) is 20.7. The summed E-state index contributed by atoms with van der Waals surface area (Å²) in [5, 5.41) is 10.7. The Hall–Kier alpha value is -5.17. The standard InChI is InChI=1S/C31H23N5O2/c1-2-28-32-20-18-27(34-28)26-13-8-19-33-30(26)37-22-14-16-23(17-15-22)38-31-25-12-7-6-11-24(25)29(35-36-31)21-9-4-3-5-10-21/h3-20H,2H2,1H3. The molecule has 0 atom stereocenters. The van der Waals surface area contributed by atoms with Gasteiger partial charge in [0.2, 0.25) is 11.8 Å². The summed E-state index contributed by atoms with van der Waals surface area (Å²) in [6, 6.07) is 31.0. The maximum Gasteiger partial charge on any atom is 0.246 e. The van der Waals surface area contributed by atoms with E-state index in [0.29, 0.717) is 23.3 Å². The molecule has 0 N–H and O–H groups in total. The number of ether oxygens (including phenoxy) is 2. The fourth-order valence-electron chi connectivity index (χ4n) is 4.15. The topological polar surface area (TPSA) is 82.9 Å². The molecule has 0 aliphatic carbocycles. The molecule has 184 valence electrons. The molecule has 0 aliphatic heterocycles. The number of fused-ring (bicyclic) bond motifs is 1. The predicted molar refractivity (Wildman–Crippen MR) is 146 cm³/mol. The van der Waals surface area contributed by atoms with E-state index in [-0.39, 0.29) is 0 Å². The molecule has 3 aromatic heterocycles. The molecular weight excluding hydrogens is 474 g/mol. The summed E-state index contributed by atoms with van der Waals surface area (Å²) < 4.78 is 12.3. The van der Waals surface area contributed by atoms with Crippen LogP contribution < -0.4 is 9.47 Å². The van der Waals surface area contributed by atoms with Crippen molar-refractivity contribution >= 4 is 10.8 Å². The van der Waals surface area contributed by atoms with Gasteiger partial charge in [-0.05, 0) is 48.5 Å². The van der Waals surface area contributed by atoms with Crippen molar-refractivity contribution in [3.05, 3.63) is 115 Å². The van der Waals surface area contributed by atoms with Crippen molar-refractivity contribution in [3.63, 3.8) is 0 Å². The Morgan fingerprint density at radius 3 is 2.08 bits per heavy atom. The van der Waals surface area contributed by atoms with Gasteiger partial charge < -0.3 is 9.47 Å². The first-order valence-electron chi connectivity index (χ1n) is 12.3. The molecule has 0 fully saturated rings. The van der Waals surface area contributed by atoms with E-state index in [9.17, 15) is 0 Å². The second-order valence-corrected chi connectivity index (χ2v) is 8.51. The Labute approximate surface area is 219 Å². The molecule has 3 aromatic carbocycles. The highest BCUT2D eigenvalue weighted by molar-refractivity contribution is 5.97. The number of aryl methyl sites for hydroxylation is 1. The maximum atomic E-state index is 6.14. The highest BCUT2D eigenvalue weighted by atomic mass is 16.5. The summed E-state index contributed by atoms with van der Waals surface area (Å²) in [4.78, 5) is 13.3. The SMILES string of the molecule is CCc1nccc(-c2cccnc2Oc2ccc(Oc3nnc(-c4ccccc4)c4ccccc34)cc2)n1. The maximum absolute atomic E-state index is 6.14. The highest BCUT2D eigenvalue weighted by Gasteiger charge is 2.14. The van der Waals surface area contributed by atoms with Crippen molar-refractivity contribution in [1.82, 2.24) is 25.1 Å². The first-order valence-corrected chi connectivity index (χ1v) is 12.3. The lowest BCUT2D eigenvalue weighted by Gasteiger charge is -2.12. The van der Waals surface area contributed by atoms with Gasteiger partial charge in [-0.1, -0.05) is 55.5 Å². The second kappa shape index (κ2) is 10.4. The zero-order valence-corrected chi connectivity index (χ0v) is 20.7. The third-order valence-electron chi connectivity index (χ3n) is 6.02. The van der Waals surface area contributed by atoms with Gasteiger partial charge in [-0.25, -0.2) is 15.0 Å². The summed E-state index contributed by atoms with van der Waals surface area (Å²) in [7, 11) is 0. The summed E-state index contributed by atoms with van der Waals surface area (Å²) >= 11 is 0. The Morgan fingerprint density at radius 1 is 0.605 bits per heavy atom. The molecule has 0 spiro atoms. The lowest BCUT2D eigenvalue weighted by Crippen LogP contribution is -1.97. The predicted octanol–water partition coefficient (Wildman–Crippen LogP) is 7.30. The van der Waals surface area contributed by atoms with Gasteiger partial charge in [-0.3, -0.25) is 0 Å². The third-order valence-corrected chi connectivity index (χ3v) is 6.02. The molecule has 0 saturated carbocycles. The van der Waals surface area contributed by atoms with Gasteiger partial charge in [0.05, 0.1) is 11.3 Å². The minimum Gasteiger partial charge on any atom is -0.438 e. The number of rotatable bonds is 7. The average molecular weight is 498 g/mol. The van der Waals surface area contributed by atoms with Crippen molar-refractivity contribution < 1.29 is 9.47 Å². The van der Waals surface area contributed by atoms with Gasteiger partial charge in [-0.15, -0.1) is 10.2 Å². The van der Waals surface area contributed by atoms with Crippen LogP contribution in [0.2, 0.25) is 0 Å². The molecule has 7 heteroatoms. The lowest BCUT2D eigenvalue weighted by molar-refractivity contribution is 0.451. The van der Waals surface area contributed by atoms with Crippen LogP contribution in [0.5, 0.6) is 23.3 Å². The number of nitrogens with zero attached hydrogens (tertiary/aromatic N) is 5. The van der Waals surface area contributed by atoms with E-state index in [4.69, 9.17) is 9.47 Å². The Bertz CT molecular complexity index is 1710. The molecule has 0 bridgehead atoms. The summed E-state index contributed by atoms with van der Waals surface area (Å²) in [5.41, 5.74) is 3.39. The van der Waals surface area contributed by atoms with E-state index in [1.807, 2.05) is 104 Å². The van der Waals surface area contributed by atoms with Gasteiger partial charge in [0, 0.05) is 35.2 Å². The van der Waals surface area contributed by atoms with Gasteiger partial charge in [0.15, 0.2) is 0 Å². The van der Waals surface area contributed by atoms with Gasteiger partial charge in [-0.2, -0.15) is 0 Å². The Balaban J connectivity index is 1.25. The van der Waals surface area contributed by atoms with Crippen LogP contribution in [-0.2, 0) is 6.42 Å². The number of benzene rings is 3. The monoisotopic (exact) mass is 497 g/mol. The quantitative estimate of drug-likeness (QED) is 0.229. The van der Waals surface area contributed by atoms with Crippen LogP contribution in [0.15, 0.2) is 109 Å². The third kappa shape index (κ3) is 4.77. The molecule has 0 radical (unpaired) electrons. The number of pyridine rings is 1. The van der Waals surface area contributed by atoms with Gasteiger partial charge in [0.1, 0.15) is 23.0 Å². The van der Waals surface area contributed by atoms with E-state index in [2.05, 4.69) is 25.1 Å². The Kier molecular flexibility index (Phi) is 6.39. The van der Waals surface area contributed by atoms with E-state index in [1.165, 1.54) is 0 Å². The molecule has 3 heterocycles.